The van der Waals surface area contributed by atoms with E-state index in [4.69, 9.17) is 9.47 Å². The molecule has 0 bridgehead atoms. The minimum Gasteiger partial charge on any atom is -0.493 e. The lowest BCUT2D eigenvalue weighted by Gasteiger charge is -2.12. The number of aryl methyl sites for hydroxylation is 1. The van der Waals surface area contributed by atoms with Gasteiger partial charge in [0.05, 0.1) is 19.9 Å². The Morgan fingerprint density at radius 3 is 2.66 bits per heavy atom. The summed E-state index contributed by atoms with van der Waals surface area (Å²) in [4.78, 5) is 25.6. The number of hydrogen-bond acceptors (Lipinski definition) is 7. The number of hydrogen-bond donors (Lipinski definition) is 2. The first-order valence-corrected chi connectivity index (χ1v) is 10.9. The molecule has 8 heteroatoms. The molecular formula is C27H25N5O3. The predicted octanol–water partition coefficient (Wildman–Crippen LogP) is 5.26. The second-order valence-electron chi connectivity index (χ2n) is 7.57. The summed E-state index contributed by atoms with van der Waals surface area (Å²) in [7, 11) is 3.13. The molecule has 2 heterocycles. The molecule has 0 unspecified atom stereocenters. The number of rotatable bonds is 8. The fraction of sp³-hybridized carbons (Fsp3) is 0.111. The van der Waals surface area contributed by atoms with Crippen molar-refractivity contribution in [2.24, 2.45) is 0 Å². The first-order chi connectivity index (χ1) is 17.1. The number of amides is 1. The maximum atomic E-state index is 12.6. The van der Waals surface area contributed by atoms with E-state index >= 15 is 0 Å². The van der Waals surface area contributed by atoms with Crippen molar-refractivity contribution in [3.05, 3.63) is 90.4 Å². The number of aromatic nitrogens is 3. The molecule has 2 aromatic carbocycles. The van der Waals surface area contributed by atoms with Crippen LogP contribution < -0.4 is 20.1 Å². The summed E-state index contributed by atoms with van der Waals surface area (Å²) in [5, 5.41) is 6.12. The van der Waals surface area contributed by atoms with Gasteiger partial charge in [0.25, 0.3) is 0 Å². The van der Waals surface area contributed by atoms with Crippen molar-refractivity contribution in [1.82, 2.24) is 15.0 Å². The van der Waals surface area contributed by atoms with E-state index in [0.717, 1.165) is 28.1 Å². The van der Waals surface area contributed by atoms with E-state index in [9.17, 15) is 4.79 Å². The molecule has 35 heavy (non-hydrogen) atoms. The van der Waals surface area contributed by atoms with Gasteiger partial charge in [0.1, 0.15) is 0 Å². The molecule has 0 aliphatic rings. The van der Waals surface area contributed by atoms with Gasteiger partial charge in [-0.25, -0.2) is 9.97 Å². The average molecular weight is 468 g/mol. The highest BCUT2D eigenvalue weighted by atomic mass is 16.5. The van der Waals surface area contributed by atoms with E-state index in [1.165, 1.54) is 6.08 Å². The minimum atomic E-state index is -0.278. The Balaban J connectivity index is 1.48. The molecule has 176 valence electrons. The van der Waals surface area contributed by atoms with Crippen LogP contribution in [0.15, 0.2) is 79.3 Å². The van der Waals surface area contributed by atoms with E-state index in [1.807, 2.05) is 55.5 Å². The zero-order valence-corrected chi connectivity index (χ0v) is 19.6. The number of carbonyl (C=O) groups is 1. The van der Waals surface area contributed by atoms with Crippen LogP contribution in [-0.2, 0) is 4.79 Å². The van der Waals surface area contributed by atoms with Crippen molar-refractivity contribution in [1.29, 1.82) is 0 Å². The van der Waals surface area contributed by atoms with Gasteiger partial charge in [0.2, 0.25) is 11.9 Å². The van der Waals surface area contributed by atoms with Crippen LogP contribution in [0, 0.1) is 6.92 Å². The second-order valence-corrected chi connectivity index (χ2v) is 7.57. The van der Waals surface area contributed by atoms with Crippen LogP contribution in [0.5, 0.6) is 11.5 Å². The third kappa shape index (κ3) is 5.80. The molecule has 1 amide bonds. The molecule has 8 nitrogen and oxygen atoms in total. The van der Waals surface area contributed by atoms with Gasteiger partial charge in [0, 0.05) is 47.2 Å². The first kappa shape index (κ1) is 23.4. The van der Waals surface area contributed by atoms with Crippen LogP contribution in [0.1, 0.15) is 11.1 Å². The number of para-hydroxylation sites is 1. The van der Waals surface area contributed by atoms with Gasteiger partial charge >= 0.3 is 0 Å². The van der Waals surface area contributed by atoms with Gasteiger partial charge in [-0.05, 0) is 55.0 Å². The minimum absolute atomic E-state index is 0.278. The van der Waals surface area contributed by atoms with Crippen molar-refractivity contribution in [3.8, 4) is 22.8 Å². The molecule has 4 aromatic rings. The summed E-state index contributed by atoms with van der Waals surface area (Å²) in [6.07, 6.45) is 8.29. The lowest BCUT2D eigenvalue weighted by molar-refractivity contribution is -0.111. The zero-order valence-electron chi connectivity index (χ0n) is 19.6. The van der Waals surface area contributed by atoms with Crippen LogP contribution >= 0.6 is 0 Å². The Hall–Kier alpha value is -4.72. The fourth-order valence-corrected chi connectivity index (χ4v) is 3.44. The fourth-order valence-electron chi connectivity index (χ4n) is 3.44. The van der Waals surface area contributed by atoms with Crippen LogP contribution in [0.3, 0.4) is 0 Å². The third-order valence-electron chi connectivity index (χ3n) is 5.21. The Kier molecular flexibility index (Phi) is 7.32. The van der Waals surface area contributed by atoms with Gasteiger partial charge in [-0.1, -0.05) is 18.2 Å². The monoisotopic (exact) mass is 467 g/mol. The number of anilines is 3. The van der Waals surface area contributed by atoms with Crippen molar-refractivity contribution in [3.63, 3.8) is 0 Å². The molecule has 0 radical (unpaired) electrons. The SMILES string of the molecule is COc1cccc(/C=C/C(=O)Nc2ccc(C)c(Nc3nccc(-c4cccnc4)n3)c2)c1OC. The van der Waals surface area contributed by atoms with Gasteiger partial charge in [-0.15, -0.1) is 0 Å². The molecular weight excluding hydrogens is 442 g/mol. The van der Waals surface area contributed by atoms with Crippen LogP contribution in [0.25, 0.3) is 17.3 Å². The van der Waals surface area contributed by atoms with Gasteiger partial charge in [-0.3, -0.25) is 9.78 Å². The molecule has 0 atom stereocenters. The summed E-state index contributed by atoms with van der Waals surface area (Å²) < 4.78 is 10.7. The summed E-state index contributed by atoms with van der Waals surface area (Å²) >= 11 is 0. The zero-order chi connectivity index (χ0) is 24.6. The summed E-state index contributed by atoms with van der Waals surface area (Å²) in [5.74, 6) is 1.33. The van der Waals surface area contributed by atoms with Crippen molar-refractivity contribution in [2.45, 2.75) is 6.92 Å². The highest BCUT2D eigenvalue weighted by Crippen LogP contribution is 2.31. The van der Waals surface area contributed by atoms with Crippen LogP contribution in [0.4, 0.5) is 17.3 Å². The van der Waals surface area contributed by atoms with Gasteiger partial charge in [-0.2, -0.15) is 0 Å². The van der Waals surface area contributed by atoms with Crippen LogP contribution in [0.2, 0.25) is 0 Å². The van der Waals surface area contributed by atoms with Gasteiger partial charge in [0.15, 0.2) is 11.5 Å². The normalized spacial score (nSPS) is 10.7. The Bertz CT molecular complexity index is 1360. The average Bonchev–Trinajstić information content (AvgIpc) is 2.89. The summed E-state index contributed by atoms with van der Waals surface area (Å²) in [5.41, 5.74) is 4.79. The number of carbonyl (C=O) groups excluding carboxylic acids is 1. The van der Waals surface area contributed by atoms with E-state index in [0.29, 0.717) is 23.1 Å². The number of pyridine rings is 1. The molecule has 0 spiro atoms. The lowest BCUT2D eigenvalue weighted by atomic mass is 10.1. The molecule has 0 aliphatic heterocycles. The van der Waals surface area contributed by atoms with Crippen molar-refractivity contribution in [2.75, 3.05) is 24.9 Å². The molecule has 2 N–H and O–H groups in total. The number of ether oxygens (including phenoxy) is 2. The predicted molar refractivity (Wildman–Crippen MR) is 137 cm³/mol. The molecule has 0 saturated carbocycles. The molecule has 0 fully saturated rings. The van der Waals surface area contributed by atoms with Crippen LogP contribution in [-0.4, -0.2) is 35.1 Å². The van der Waals surface area contributed by atoms with E-state index in [2.05, 4.69) is 25.6 Å². The third-order valence-corrected chi connectivity index (χ3v) is 5.21. The summed E-state index contributed by atoms with van der Waals surface area (Å²) in [6, 6.07) is 16.7. The standard InChI is InChI=1S/C27H25N5O3/c1-18-9-11-21(30-25(33)12-10-19-6-4-8-24(34-2)26(19)35-3)16-23(18)32-27-29-15-13-22(31-27)20-7-5-14-28-17-20/h4-17H,1-3H3,(H,30,33)(H,29,31,32)/b12-10+. The number of nitrogens with zero attached hydrogens (tertiary/aromatic N) is 3. The van der Waals surface area contributed by atoms with Crippen molar-refractivity contribution < 1.29 is 14.3 Å². The molecule has 0 aliphatic carbocycles. The number of nitrogens with one attached hydrogen (secondary N) is 2. The Labute approximate surface area is 203 Å². The highest BCUT2D eigenvalue weighted by molar-refractivity contribution is 6.02. The second kappa shape index (κ2) is 10.9. The van der Waals surface area contributed by atoms with Crippen molar-refractivity contribution >= 4 is 29.3 Å². The molecule has 4 rings (SSSR count). The lowest BCUT2D eigenvalue weighted by Crippen LogP contribution is -2.08. The Morgan fingerprint density at radius 1 is 1.00 bits per heavy atom. The maximum absolute atomic E-state index is 12.6. The topological polar surface area (TPSA) is 98.3 Å². The number of methoxy groups -OCH3 is 2. The highest BCUT2D eigenvalue weighted by Gasteiger charge is 2.09. The number of benzene rings is 2. The Morgan fingerprint density at radius 2 is 1.89 bits per heavy atom. The maximum Gasteiger partial charge on any atom is 0.248 e. The molecule has 2 aromatic heterocycles. The quantitative estimate of drug-likeness (QED) is 0.341. The van der Waals surface area contributed by atoms with Gasteiger partial charge < -0.3 is 20.1 Å². The van der Waals surface area contributed by atoms with E-state index < -0.39 is 0 Å². The summed E-state index contributed by atoms with van der Waals surface area (Å²) in [6.45, 7) is 1.97. The van der Waals surface area contributed by atoms with E-state index in [1.54, 1.807) is 45.0 Å². The van der Waals surface area contributed by atoms with E-state index in [-0.39, 0.29) is 5.91 Å². The molecule has 0 saturated heterocycles. The largest absolute Gasteiger partial charge is 0.493 e. The first-order valence-electron chi connectivity index (χ1n) is 10.9. The smallest absolute Gasteiger partial charge is 0.248 e.